The van der Waals surface area contributed by atoms with E-state index in [4.69, 9.17) is 27.9 Å². The molecular weight excluding hydrogens is 259 g/mol. The third-order valence-corrected chi connectivity index (χ3v) is 2.71. The molecule has 0 aliphatic heterocycles. The highest BCUT2D eigenvalue weighted by Crippen LogP contribution is 2.22. The quantitative estimate of drug-likeness (QED) is 0.791. The van der Waals surface area contributed by atoms with Crippen molar-refractivity contribution in [1.82, 2.24) is 9.97 Å². The predicted molar refractivity (Wildman–Crippen MR) is 67.9 cm³/mol. The number of hydrogen-bond donors (Lipinski definition) is 0. The first-order valence-corrected chi connectivity index (χ1v) is 5.91. The number of pyridine rings is 2. The first kappa shape index (κ1) is 12.1. The van der Waals surface area contributed by atoms with Crippen molar-refractivity contribution in [3.63, 3.8) is 0 Å². The summed E-state index contributed by atoms with van der Waals surface area (Å²) in [5, 5.41) is 0.525. The Bertz CT molecular complexity index is 532. The molecule has 5 heteroatoms. The van der Waals surface area contributed by atoms with Crippen molar-refractivity contribution in [2.45, 2.75) is 12.8 Å². The van der Waals surface area contributed by atoms with Gasteiger partial charge < -0.3 is 4.74 Å². The van der Waals surface area contributed by atoms with Gasteiger partial charge in [-0.2, -0.15) is 0 Å². The SMILES string of the molecule is Cc1nc(Oc2cncc(Cl)c2)ccc1CCl. The van der Waals surface area contributed by atoms with E-state index < -0.39 is 0 Å². The summed E-state index contributed by atoms with van der Waals surface area (Å²) in [5.41, 5.74) is 1.84. The standard InChI is InChI=1S/C12H10Cl2N2O/c1-8-9(5-13)2-3-12(16-8)17-11-4-10(14)6-15-7-11/h2-4,6-7H,5H2,1H3. The van der Waals surface area contributed by atoms with Crippen molar-refractivity contribution in [2.75, 3.05) is 0 Å². The number of nitrogens with zero attached hydrogens (tertiary/aromatic N) is 2. The van der Waals surface area contributed by atoms with Gasteiger partial charge >= 0.3 is 0 Å². The third-order valence-electron chi connectivity index (χ3n) is 2.22. The highest BCUT2D eigenvalue weighted by Gasteiger charge is 2.03. The van der Waals surface area contributed by atoms with Crippen LogP contribution in [0.2, 0.25) is 5.02 Å². The van der Waals surface area contributed by atoms with Crippen molar-refractivity contribution in [3.8, 4) is 11.6 Å². The van der Waals surface area contributed by atoms with Crippen LogP contribution in [0.4, 0.5) is 0 Å². The van der Waals surface area contributed by atoms with E-state index >= 15 is 0 Å². The molecule has 17 heavy (non-hydrogen) atoms. The zero-order valence-electron chi connectivity index (χ0n) is 9.15. The van der Waals surface area contributed by atoms with E-state index in [0.29, 0.717) is 22.5 Å². The van der Waals surface area contributed by atoms with Crippen LogP contribution in [0, 0.1) is 6.92 Å². The van der Waals surface area contributed by atoms with Crippen LogP contribution in [-0.4, -0.2) is 9.97 Å². The summed E-state index contributed by atoms with van der Waals surface area (Å²) >= 11 is 11.6. The van der Waals surface area contributed by atoms with Gasteiger partial charge in [0.05, 0.1) is 11.2 Å². The number of hydrogen-bond acceptors (Lipinski definition) is 3. The molecule has 0 saturated heterocycles. The Balaban J connectivity index is 2.22. The van der Waals surface area contributed by atoms with Gasteiger partial charge in [0.25, 0.3) is 0 Å². The molecule has 0 saturated carbocycles. The molecule has 0 bridgehead atoms. The fourth-order valence-electron chi connectivity index (χ4n) is 1.33. The molecule has 0 atom stereocenters. The lowest BCUT2D eigenvalue weighted by atomic mass is 10.2. The van der Waals surface area contributed by atoms with E-state index in [2.05, 4.69) is 9.97 Å². The Morgan fingerprint density at radius 1 is 1.29 bits per heavy atom. The van der Waals surface area contributed by atoms with Gasteiger partial charge in [0.2, 0.25) is 5.88 Å². The normalized spacial score (nSPS) is 10.3. The summed E-state index contributed by atoms with van der Waals surface area (Å²) in [4.78, 5) is 8.22. The van der Waals surface area contributed by atoms with Crippen LogP contribution in [0.25, 0.3) is 0 Å². The molecule has 2 aromatic rings. The minimum atomic E-state index is 0.442. The Labute approximate surface area is 109 Å². The lowest BCUT2D eigenvalue weighted by Crippen LogP contribution is -1.94. The summed E-state index contributed by atoms with van der Waals surface area (Å²) in [6, 6.07) is 5.34. The van der Waals surface area contributed by atoms with E-state index in [0.717, 1.165) is 11.3 Å². The highest BCUT2D eigenvalue weighted by molar-refractivity contribution is 6.30. The Kier molecular flexibility index (Phi) is 3.82. The topological polar surface area (TPSA) is 35.0 Å². The number of rotatable bonds is 3. The number of ether oxygens (including phenoxy) is 1. The second-order valence-electron chi connectivity index (χ2n) is 3.47. The third kappa shape index (κ3) is 3.08. The van der Waals surface area contributed by atoms with E-state index in [1.54, 1.807) is 24.5 Å². The van der Waals surface area contributed by atoms with Crippen molar-refractivity contribution in [1.29, 1.82) is 0 Å². The molecule has 0 N–H and O–H groups in total. The fourth-order valence-corrected chi connectivity index (χ4v) is 1.78. The van der Waals surface area contributed by atoms with E-state index in [9.17, 15) is 0 Å². The second kappa shape index (κ2) is 5.34. The largest absolute Gasteiger partial charge is 0.437 e. The van der Waals surface area contributed by atoms with Gasteiger partial charge in [-0.15, -0.1) is 11.6 Å². The number of alkyl halides is 1. The Morgan fingerprint density at radius 3 is 2.76 bits per heavy atom. The molecule has 88 valence electrons. The zero-order chi connectivity index (χ0) is 12.3. The molecule has 2 aromatic heterocycles. The molecule has 2 rings (SSSR count). The molecule has 2 heterocycles. The maximum atomic E-state index is 5.81. The predicted octanol–water partition coefficient (Wildman–Crippen LogP) is 3.97. The van der Waals surface area contributed by atoms with Crippen molar-refractivity contribution in [2.24, 2.45) is 0 Å². The minimum absolute atomic E-state index is 0.442. The van der Waals surface area contributed by atoms with E-state index in [1.807, 2.05) is 13.0 Å². The van der Waals surface area contributed by atoms with Crippen LogP contribution in [-0.2, 0) is 5.88 Å². The van der Waals surface area contributed by atoms with Gasteiger partial charge in [-0.25, -0.2) is 4.98 Å². The monoisotopic (exact) mass is 268 g/mol. The van der Waals surface area contributed by atoms with E-state index in [1.165, 1.54) is 0 Å². The number of aromatic nitrogens is 2. The molecular formula is C12H10Cl2N2O. The lowest BCUT2D eigenvalue weighted by molar-refractivity contribution is 0.459. The summed E-state index contributed by atoms with van der Waals surface area (Å²) in [6.45, 7) is 1.89. The van der Waals surface area contributed by atoms with Gasteiger partial charge in [0.15, 0.2) is 0 Å². The molecule has 3 nitrogen and oxygen atoms in total. The summed E-state index contributed by atoms with van der Waals surface area (Å²) in [7, 11) is 0. The number of aryl methyl sites for hydroxylation is 1. The van der Waals surface area contributed by atoms with Gasteiger partial charge in [-0.3, -0.25) is 4.98 Å². The fraction of sp³-hybridized carbons (Fsp3) is 0.167. The van der Waals surface area contributed by atoms with E-state index in [-0.39, 0.29) is 0 Å². The maximum Gasteiger partial charge on any atom is 0.219 e. The van der Waals surface area contributed by atoms with Crippen LogP contribution in [0.1, 0.15) is 11.3 Å². The highest BCUT2D eigenvalue weighted by atomic mass is 35.5. The van der Waals surface area contributed by atoms with Crippen LogP contribution in [0.5, 0.6) is 11.6 Å². The summed E-state index contributed by atoms with van der Waals surface area (Å²) in [5.74, 6) is 1.50. The first-order chi connectivity index (χ1) is 8.19. The Hall–Kier alpha value is -1.32. The Morgan fingerprint density at radius 2 is 2.12 bits per heavy atom. The molecule has 0 unspecified atom stereocenters. The van der Waals surface area contributed by atoms with Crippen LogP contribution < -0.4 is 4.74 Å². The van der Waals surface area contributed by atoms with Crippen molar-refractivity contribution >= 4 is 23.2 Å². The van der Waals surface area contributed by atoms with Gasteiger partial charge in [0.1, 0.15) is 5.75 Å². The van der Waals surface area contributed by atoms with Crippen LogP contribution >= 0.6 is 23.2 Å². The van der Waals surface area contributed by atoms with Crippen molar-refractivity contribution < 1.29 is 4.74 Å². The van der Waals surface area contributed by atoms with Crippen LogP contribution in [0.15, 0.2) is 30.6 Å². The molecule has 0 radical (unpaired) electrons. The molecule has 0 aliphatic rings. The summed E-state index contributed by atoms with van der Waals surface area (Å²) in [6.07, 6.45) is 3.13. The average molecular weight is 269 g/mol. The van der Waals surface area contributed by atoms with Crippen molar-refractivity contribution in [3.05, 3.63) is 46.9 Å². The smallest absolute Gasteiger partial charge is 0.219 e. The molecule has 0 fully saturated rings. The van der Waals surface area contributed by atoms with Crippen LogP contribution in [0.3, 0.4) is 0 Å². The summed E-state index contributed by atoms with van der Waals surface area (Å²) < 4.78 is 5.54. The van der Waals surface area contributed by atoms with Gasteiger partial charge in [0, 0.05) is 29.9 Å². The maximum absolute atomic E-state index is 5.81. The first-order valence-electron chi connectivity index (χ1n) is 5.00. The molecule has 0 aliphatic carbocycles. The second-order valence-corrected chi connectivity index (χ2v) is 4.17. The average Bonchev–Trinajstić information content (AvgIpc) is 2.29. The molecule has 0 aromatic carbocycles. The molecule has 0 spiro atoms. The molecule has 0 amide bonds. The lowest BCUT2D eigenvalue weighted by Gasteiger charge is -2.07. The number of halogens is 2. The minimum Gasteiger partial charge on any atom is -0.437 e. The zero-order valence-corrected chi connectivity index (χ0v) is 10.7. The van der Waals surface area contributed by atoms with Gasteiger partial charge in [-0.1, -0.05) is 17.7 Å². The van der Waals surface area contributed by atoms with Gasteiger partial charge in [-0.05, 0) is 12.5 Å².